The van der Waals surface area contributed by atoms with Crippen LogP contribution >= 0.6 is 22.7 Å². The summed E-state index contributed by atoms with van der Waals surface area (Å²) in [4.78, 5) is 13.0. The van der Waals surface area contributed by atoms with Gasteiger partial charge in [-0.3, -0.25) is 4.79 Å². The minimum absolute atomic E-state index is 0.257. The summed E-state index contributed by atoms with van der Waals surface area (Å²) in [6.45, 7) is 0. The molecular weight excluding hydrogens is 260 g/mol. The van der Waals surface area contributed by atoms with Crippen LogP contribution < -0.4 is 0 Å². The Morgan fingerprint density at radius 1 is 1.06 bits per heavy atom. The van der Waals surface area contributed by atoms with Crippen LogP contribution in [0.2, 0.25) is 0 Å². The van der Waals surface area contributed by atoms with Crippen molar-refractivity contribution in [1.82, 2.24) is 0 Å². The van der Waals surface area contributed by atoms with Gasteiger partial charge in [-0.1, -0.05) is 30.3 Å². The number of Topliss-reactive ketones (excluding diaryl/α,β-unsaturated/α-hetero) is 1. The van der Waals surface area contributed by atoms with Gasteiger partial charge in [0, 0.05) is 15.8 Å². The maximum atomic E-state index is 12.1. The van der Waals surface area contributed by atoms with Crippen molar-refractivity contribution in [3.8, 4) is 0 Å². The Hall–Kier alpha value is -1.45. The van der Waals surface area contributed by atoms with E-state index in [0.29, 0.717) is 6.42 Å². The fraction of sp³-hybridized carbons (Fsp3) is 0.133. The standard InChI is InChI=1S/C15H12OS2/c16-12(7-6-11-4-2-1-3-5-11)14-10-15-13(18-14)8-9-17-15/h1-5,8-10H,6-7H2. The fourth-order valence-corrected chi connectivity index (χ4v) is 4.01. The zero-order valence-electron chi connectivity index (χ0n) is 9.76. The molecule has 0 spiro atoms. The van der Waals surface area contributed by atoms with E-state index in [1.165, 1.54) is 15.0 Å². The summed E-state index contributed by atoms with van der Waals surface area (Å²) >= 11 is 3.31. The topological polar surface area (TPSA) is 17.1 Å². The smallest absolute Gasteiger partial charge is 0.173 e. The zero-order valence-corrected chi connectivity index (χ0v) is 11.4. The Kier molecular flexibility index (Phi) is 3.26. The Bertz CT molecular complexity index is 635. The van der Waals surface area contributed by atoms with Crippen LogP contribution in [0.4, 0.5) is 0 Å². The Balaban J connectivity index is 1.70. The molecule has 0 unspecified atom stereocenters. The quantitative estimate of drug-likeness (QED) is 0.625. The highest BCUT2D eigenvalue weighted by molar-refractivity contribution is 7.27. The molecule has 0 aliphatic carbocycles. The van der Waals surface area contributed by atoms with Crippen molar-refractivity contribution in [3.05, 3.63) is 58.3 Å². The monoisotopic (exact) mass is 272 g/mol. The van der Waals surface area contributed by atoms with Crippen molar-refractivity contribution in [2.75, 3.05) is 0 Å². The van der Waals surface area contributed by atoms with Gasteiger partial charge in [-0.2, -0.15) is 0 Å². The molecule has 0 amide bonds. The van der Waals surface area contributed by atoms with E-state index in [9.17, 15) is 4.79 Å². The molecule has 0 radical (unpaired) electrons. The molecule has 90 valence electrons. The maximum absolute atomic E-state index is 12.1. The van der Waals surface area contributed by atoms with Gasteiger partial charge in [0.1, 0.15) is 0 Å². The van der Waals surface area contributed by atoms with Crippen molar-refractivity contribution in [3.63, 3.8) is 0 Å². The van der Waals surface area contributed by atoms with Crippen molar-refractivity contribution in [2.24, 2.45) is 0 Å². The van der Waals surface area contributed by atoms with E-state index in [-0.39, 0.29) is 5.78 Å². The molecule has 0 saturated heterocycles. The van der Waals surface area contributed by atoms with Gasteiger partial charge in [0.15, 0.2) is 5.78 Å². The van der Waals surface area contributed by atoms with Crippen molar-refractivity contribution in [2.45, 2.75) is 12.8 Å². The lowest BCUT2D eigenvalue weighted by atomic mass is 10.1. The molecule has 0 atom stereocenters. The van der Waals surface area contributed by atoms with Gasteiger partial charge in [-0.25, -0.2) is 0 Å². The molecule has 0 fully saturated rings. The normalized spacial score (nSPS) is 10.9. The summed E-state index contributed by atoms with van der Waals surface area (Å²) in [5.74, 6) is 0.257. The first-order valence-corrected chi connectivity index (χ1v) is 7.57. The number of hydrogen-bond donors (Lipinski definition) is 0. The predicted octanol–water partition coefficient (Wildman–Crippen LogP) is 4.78. The van der Waals surface area contributed by atoms with Crippen molar-refractivity contribution >= 4 is 37.9 Å². The molecule has 1 nitrogen and oxygen atoms in total. The number of fused-ring (bicyclic) bond motifs is 1. The van der Waals surface area contributed by atoms with Gasteiger partial charge in [-0.05, 0) is 29.5 Å². The van der Waals surface area contributed by atoms with E-state index < -0.39 is 0 Å². The molecule has 3 rings (SSSR count). The molecule has 0 aliphatic heterocycles. The molecule has 0 N–H and O–H groups in total. The highest BCUT2D eigenvalue weighted by Gasteiger charge is 2.10. The summed E-state index contributed by atoms with van der Waals surface area (Å²) in [6.07, 6.45) is 1.42. The third kappa shape index (κ3) is 2.37. The molecule has 0 saturated carbocycles. The molecular formula is C15H12OS2. The number of rotatable bonds is 4. The van der Waals surface area contributed by atoms with E-state index in [1.807, 2.05) is 24.3 Å². The van der Waals surface area contributed by atoms with Gasteiger partial charge in [0.2, 0.25) is 0 Å². The van der Waals surface area contributed by atoms with Gasteiger partial charge < -0.3 is 0 Å². The first-order valence-electron chi connectivity index (χ1n) is 5.87. The lowest BCUT2D eigenvalue weighted by molar-refractivity contribution is 0.0987. The van der Waals surface area contributed by atoms with Crippen LogP contribution in [-0.4, -0.2) is 5.78 Å². The molecule has 0 aliphatic rings. The number of carbonyl (C=O) groups excluding carboxylic acids is 1. The largest absolute Gasteiger partial charge is 0.293 e. The minimum Gasteiger partial charge on any atom is -0.293 e. The van der Waals surface area contributed by atoms with Gasteiger partial charge in [0.25, 0.3) is 0 Å². The third-order valence-electron chi connectivity index (χ3n) is 2.90. The molecule has 1 aromatic carbocycles. The minimum atomic E-state index is 0.257. The molecule has 18 heavy (non-hydrogen) atoms. The number of hydrogen-bond acceptors (Lipinski definition) is 3. The predicted molar refractivity (Wildman–Crippen MR) is 78.8 cm³/mol. The van der Waals surface area contributed by atoms with Gasteiger partial charge >= 0.3 is 0 Å². The number of carbonyl (C=O) groups is 1. The van der Waals surface area contributed by atoms with Crippen LogP contribution in [0.5, 0.6) is 0 Å². The number of ketones is 1. The maximum Gasteiger partial charge on any atom is 0.173 e. The average Bonchev–Trinajstić information content (AvgIpc) is 2.98. The van der Waals surface area contributed by atoms with Crippen LogP contribution in [0.25, 0.3) is 9.40 Å². The summed E-state index contributed by atoms with van der Waals surface area (Å²) in [5, 5.41) is 2.07. The van der Waals surface area contributed by atoms with Crippen LogP contribution in [0, 0.1) is 0 Å². The number of aryl methyl sites for hydroxylation is 1. The molecule has 3 heteroatoms. The first-order chi connectivity index (χ1) is 8.83. The highest BCUT2D eigenvalue weighted by Crippen LogP contribution is 2.30. The van der Waals surface area contributed by atoms with Gasteiger partial charge in [0.05, 0.1) is 4.88 Å². The molecule has 3 aromatic rings. The van der Waals surface area contributed by atoms with E-state index >= 15 is 0 Å². The molecule has 0 bridgehead atoms. The lowest BCUT2D eigenvalue weighted by Crippen LogP contribution is -1.98. The first kappa shape index (κ1) is 11.6. The van der Waals surface area contributed by atoms with Crippen LogP contribution in [-0.2, 0) is 6.42 Å². The zero-order chi connectivity index (χ0) is 12.4. The number of benzene rings is 1. The van der Waals surface area contributed by atoms with Crippen molar-refractivity contribution in [1.29, 1.82) is 0 Å². The van der Waals surface area contributed by atoms with E-state index in [4.69, 9.17) is 0 Å². The molecule has 2 heterocycles. The Labute approximate surface area is 114 Å². The van der Waals surface area contributed by atoms with Gasteiger partial charge in [-0.15, -0.1) is 22.7 Å². The van der Waals surface area contributed by atoms with E-state index in [2.05, 4.69) is 23.6 Å². The van der Waals surface area contributed by atoms with E-state index in [0.717, 1.165) is 11.3 Å². The summed E-state index contributed by atoms with van der Waals surface area (Å²) in [5.41, 5.74) is 1.23. The SMILES string of the molecule is O=C(CCc1ccccc1)c1cc2sccc2s1. The highest BCUT2D eigenvalue weighted by atomic mass is 32.1. The molecule has 2 aromatic heterocycles. The van der Waals surface area contributed by atoms with E-state index in [1.54, 1.807) is 22.7 Å². The third-order valence-corrected chi connectivity index (χ3v) is 5.03. The van der Waals surface area contributed by atoms with Crippen LogP contribution in [0.3, 0.4) is 0 Å². The van der Waals surface area contributed by atoms with Crippen LogP contribution in [0.15, 0.2) is 47.8 Å². The van der Waals surface area contributed by atoms with Crippen LogP contribution in [0.1, 0.15) is 21.7 Å². The second kappa shape index (κ2) is 5.04. The Morgan fingerprint density at radius 2 is 1.89 bits per heavy atom. The summed E-state index contributed by atoms with van der Waals surface area (Å²) in [6, 6.07) is 14.3. The fourth-order valence-electron chi connectivity index (χ4n) is 1.93. The second-order valence-electron chi connectivity index (χ2n) is 4.17. The summed E-state index contributed by atoms with van der Waals surface area (Å²) in [7, 11) is 0. The summed E-state index contributed by atoms with van der Waals surface area (Å²) < 4.78 is 2.45. The second-order valence-corrected chi connectivity index (χ2v) is 6.20. The Morgan fingerprint density at radius 3 is 2.67 bits per heavy atom. The average molecular weight is 272 g/mol. The number of thiophene rings is 2. The lowest BCUT2D eigenvalue weighted by Gasteiger charge is -1.99. The van der Waals surface area contributed by atoms with Crippen molar-refractivity contribution < 1.29 is 4.79 Å².